The number of hydrogen-bond acceptors (Lipinski definition) is 4. The molecule has 0 saturated carbocycles. The van der Waals surface area contributed by atoms with E-state index < -0.39 is 28.3 Å². The number of para-hydroxylation sites is 2. The van der Waals surface area contributed by atoms with Crippen LogP contribution in [-0.4, -0.2) is 28.0 Å². The van der Waals surface area contributed by atoms with Gasteiger partial charge in [0.15, 0.2) is 0 Å². The molecular weight excluding hydrogens is 443 g/mol. The number of hydrogen-bond donors (Lipinski definition) is 1. The molecule has 1 amide bonds. The van der Waals surface area contributed by atoms with Gasteiger partial charge in [0.05, 0.1) is 17.7 Å². The zero-order chi connectivity index (χ0) is 22.4. The van der Waals surface area contributed by atoms with E-state index in [1.54, 1.807) is 42.5 Å². The molecule has 162 valence electrons. The van der Waals surface area contributed by atoms with E-state index in [1.165, 1.54) is 13.2 Å². The number of nitrogens with zero attached hydrogens (tertiary/aromatic N) is 1. The van der Waals surface area contributed by atoms with Crippen molar-refractivity contribution in [2.24, 2.45) is 0 Å². The van der Waals surface area contributed by atoms with Crippen LogP contribution in [0.25, 0.3) is 0 Å². The van der Waals surface area contributed by atoms with Gasteiger partial charge in [0.25, 0.3) is 10.0 Å². The molecule has 3 aromatic rings. The van der Waals surface area contributed by atoms with Gasteiger partial charge in [0, 0.05) is 11.6 Å². The zero-order valence-electron chi connectivity index (χ0n) is 16.6. The molecule has 31 heavy (non-hydrogen) atoms. The lowest BCUT2D eigenvalue weighted by atomic mass is 10.2. The molecule has 9 heteroatoms. The van der Waals surface area contributed by atoms with Crippen LogP contribution < -0.4 is 14.4 Å². The summed E-state index contributed by atoms with van der Waals surface area (Å²) in [4.78, 5) is 12.5. The number of ether oxygens (including phenoxy) is 1. The first-order valence-corrected chi connectivity index (χ1v) is 11.1. The molecule has 0 radical (unpaired) electrons. The van der Waals surface area contributed by atoms with Crippen LogP contribution in [0.5, 0.6) is 5.75 Å². The molecule has 0 heterocycles. The van der Waals surface area contributed by atoms with Gasteiger partial charge in [0.1, 0.15) is 18.1 Å². The maximum Gasteiger partial charge on any atom is 0.264 e. The standard InChI is InChI=1S/C22H20ClFN2O4S/c1-30-21-9-5-4-8-20(21)26(31(28,29)18-12-10-17(24)11-13-18)15-22(27)25-14-16-6-2-3-7-19(16)23/h2-13H,14-15H2,1H3,(H,25,27). The Kier molecular flexibility index (Phi) is 7.14. The van der Waals surface area contributed by atoms with E-state index in [2.05, 4.69) is 5.32 Å². The third-order valence-corrected chi connectivity index (χ3v) is 6.62. The molecule has 0 unspecified atom stereocenters. The molecule has 0 saturated heterocycles. The maximum atomic E-state index is 13.3. The Bertz CT molecular complexity index is 1170. The molecule has 3 rings (SSSR count). The van der Waals surface area contributed by atoms with Gasteiger partial charge in [-0.15, -0.1) is 0 Å². The lowest BCUT2D eigenvalue weighted by Crippen LogP contribution is -2.40. The van der Waals surface area contributed by atoms with Crippen molar-refractivity contribution < 1.29 is 22.3 Å². The highest BCUT2D eigenvalue weighted by Gasteiger charge is 2.29. The number of amides is 1. The van der Waals surface area contributed by atoms with Gasteiger partial charge in [-0.05, 0) is 48.0 Å². The summed E-state index contributed by atoms with van der Waals surface area (Å²) in [5, 5.41) is 3.17. The summed E-state index contributed by atoms with van der Waals surface area (Å²) in [7, 11) is -2.79. The summed E-state index contributed by atoms with van der Waals surface area (Å²) in [6.45, 7) is -0.376. The molecule has 0 aliphatic heterocycles. The molecule has 0 fully saturated rings. The van der Waals surface area contributed by atoms with Crippen molar-refractivity contribution in [2.45, 2.75) is 11.4 Å². The van der Waals surface area contributed by atoms with E-state index in [9.17, 15) is 17.6 Å². The van der Waals surface area contributed by atoms with Crippen LogP contribution in [0.15, 0.2) is 77.7 Å². The van der Waals surface area contributed by atoms with Crippen molar-refractivity contribution in [1.29, 1.82) is 0 Å². The minimum atomic E-state index is -4.19. The van der Waals surface area contributed by atoms with Crippen LogP contribution >= 0.6 is 11.6 Å². The van der Waals surface area contributed by atoms with E-state index in [0.29, 0.717) is 10.6 Å². The summed E-state index contributed by atoms with van der Waals surface area (Å²) < 4.78 is 46.2. The smallest absolute Gasteiger partial charge is 0.264 e. The maximum absolute atomic E-state index is 13.3. The Morgan fingerprint density at radius 3 is 2.35 bits per heavy atom. The normalized spacial score (nSPS) is 11.1. The van der Waals surface area contributed by atoms with Crippen molar-refractivity contribution in [2.75, 3.05) is 18.0 Å². The topological polar surface area (TPSA) is 75.7 Å². The van der Waals surface area contributed by atoms with Crippen LogP contribution in [0, 0.1) is 5.82 Å². The number of halogens is 2. The number of carbonyl (C=O) groups excluding carboxylic acids is 1. The van der Waals surface area contributed by atoms with Crippen LogP contribution in [0.1, 0.15) is 5.56 Å². The molecule has 0 aliphatic carbocycles. The number of anilines is 1. The monoisotopic (exact) mass is 462 g/mol. The van der Waals surface area contributed by atoms with Crippen molar-refractivity contribution in [3.05, 3.63) is 89.2 Å². The van der Waals surface area contributed by atoms with Gasteiger partial charge in [-0.2, -0.15) is 0 Å². The summed E-state index contributed by atoms with van der Waals surface area (Å²) in [5.41, 5.74) is 0.880. The molecular formula is C22H20ClFN2O4S. The number of nitrogens with one attached hydrogen (secondary N) is 1. The zero-order valence-corrected chi connectivity index (χ0v) is 18.2. The lowest BCUT2D eigenvalue weighted by molar-refractivity contribution is -0.119. The van der Waals surface area contributed by atoms with Gasteiger partial charge in [-0.25, -0.2) is 12.8 Å². The molecule has 0 spiro atoms. The Balaban J connectivity index is 1.91. The highest BCUT2D eigenvalue weighted by atomic mass is 35.5. The third kappa shape index (κ3) is 5.34. The highest BCUT2D eigenvalue weighted by Crippen LogP contribution is 2.32. The highest BCUT2D eigenvalue weighted by molar-refractivity contribution is 7.92. The van der Waals surface area contributed by atoms with Gasteiger partial charge < -0.3 is 10.1 Å². The average molecular weight is 463 g/mol. The van der Waals surface area contributed by atoms with E-state index in [1.807, 2.05) is 0 Å². The number of carbonyl (C=O) groups is 1. The van der Waals surface area contributed by atoms with Crippen LogP contribution in [-0.2, 0) is 21.4 Å². The van der Waals surface area contributed by atoms with Crippen LogP contribution in [0.4, 0.5) is 10.1 Å². The molecule has 1 N–H and O–H groups in total. The summed E-state index contributed by atoms with van der Waals surface area (Å²) in [6, 6.07) is 17.8. The first kappa shape index (κ1) is 22.6. The van der Waals surface area contributed by atoms with E-state index in [0.717, 1.165) is 28.6 Å². The second-order valence-corrected chi connectivity index (χ2v) is 8.78. The fraction of sp³-hybridized carbons (Fsp3) is 0.136. The van der Waals surface area contributed by atoms with E-state index in [-0.39, 0.29) is 22.9 Å². The molecule has 0 atom stereocenters. The average Bonchev–Trinajstić information content (AvgIpc) is 2.77. The number of methoxy groups -OCH3 is 1. The molecule has 0 aliphatic rings. The van der Waals surface area contributed by atoms with Crippen LogP contribution in [0.2, 0.25) is 5.02 Å². The Labute approximate surface area is 185 Å². The van der Waals surface area contributed by atoms with E-state index in [4.69, 9.17) is 16.3 Å². The quantitative estimate of drug-likeness (QED) is 0.549. The summed E-state index contributed by atoms with van der Waals surface area (Å²) in [5.74, 6) is -0.844. The van der Waals surface area contributed by atoms with Gasteiger partial charge in [-0.3, -0.25) is 9.10 Å². The SMILES string of the molecule is COc1ccccc1N(CC(=O)NCc1ccccc1Cl)S(=O)(=O)c1ccc(F)cc1. The fourth-order valence-corrected chi connectivity index (χ4v) is 4.53. The summed E-state index contributed by atoms with van der Waals surface area (Å²) in [6.07, 6.45) is 0. The lowest BCUT2D eigenvalue weighted by Gasteiger charge is -2.25. The predicted molar refractivity (Wildman–Crippen MR) is 117 cm³/mol. The van der Waals surface area contributed by atoms with Crippen molar-refractivity contribution in [3.8, 4) is 5.75 Å². The van der Waals surface area contributed by atoms with Gasteiger partial charge in [0.2, 0.25) is 5.91 Å². The first-order valence-electron chi connectivity index (χ1n) is 9.24. The second-order valence-electron chi connectivity index (χ2n) is 6.51. The predicted octanol–water partition coefficient (Wildman–Crippen LogP) is 4.00. The number of sulfonamides is 1. The molecule has 0 aromatic heterocycles. The molecule has 6 nitrogen and oxygen atoms in total. The van der Waals surface area contributed by atoms with Crippen molar-refractivity contribution in [1.82, 2.24) is 5.32 Å². The minimum Gasteiger partial charge on any atom is -0.495 e. The van der Waals surface area contributed by atoms with Gasteiger partial charge in [-0.1, -0.05) is 41.9 Å². The number of rotatable bonds is 8. The van der Waals surface area contributed by atoms with E-state index >= 15 is 0 Å². The molecule has 3 aromatic carbocycles. The first-order chi connectivity index (χ1) is 14.8. The van der Waals surface area contributed by atoms with Crippen LogP contribution in [0.3, 0.4) is 0 Å². The Morgan fingerprint density at radius 2 is 1.68 bits per heavy atom. The van der Waals surface area contributed by atoms with Crippen molar-refractivity contribution in [3.63, 3.8) is 0 Å². The Hall–Kier alpha value is -3.10. The third-order valence-electron chi connectivity index (χ3n) is 4.48. The second kappa shape index (κ2) is 9.80. The Morgan fingerprint density at radius 1 is 1.03 bits per heavy atom. The largest absolute Gasteiger partial charge is 0.495 e. The molecule has 0 bridgehead atoms. The fourth-order valence-electron chi connectivity index (χ4n) is 2.89. The van der Waals surface area contributed by atoms with Gasteiger partial charge >= 0.3 is 0 Å². The summed E-state index contributed by atoms with van der Waals surface area (Å²) >= 11 is 6.11. The number of benzene rings is 3. The van der Waals surface area contributed by atoms with Crippen molar-refractivity contribution >= 4 is 33.2 Å². The minimum absolute atomic E-state index is 0.134.